The third kappa shape index (κ3) is 3.24. The highest BCUT2D eigenvalue weighted by atomic mass is 19.3. The van der Waals surface area contributed by atoms with Crippen LogP contribution in [-0.2, 0) is 11.8 Å². The fourth-order valence-electron chi connectivity index (χ4n) is 2.14. The van der Waals surface area contributed by atoms with Crippen molar-refractivity contribution in [3.05, 3.63) is 6.33 Å². The van der Waals surface area contributed by atoms with Crippen LogP contribution >= 0.6 is 0 Å². The Kier molecular flexibility index (Phi) is 3.58. The average molecular weight is 258 g/mol. The molecule has 1 aliphatic carbocycles. The maximum atomic E-state index is 13.0. The van der Waals surface area contributed by atoms with Crippen LogP contribution in [0, 0.1) is 5.92 Å². The molecule has 7 heteroatoms. The molecule has 2 rings (SSSR count). The summed E-state index contributed by atoms with van der Waals surface area (Å²) < 4.78 is 27.5. The first-order valence-corrected chi connectivity index (χ1v) is 5.98. The molecule has 0 radical (unpaired) electrons. The average Bonchev–Trinajstić information content (AvgIpc) is 2.68. The van der Waals surface area contributed by atoms with Crippen LogP contribution in [0.5, 0.6) is 0 Å². The van der Waals surface area contributed by atoms with Gasteiger partial charge in [-0.25, -0.2) is 8.78 Å². The van der Waals surface area contributed by atoms with Crippen molar-refractivity contribution in [3.63, 3.8) is 0 Å². The summed E-state index contributed by atoms with van der Waals surface area (Å²) in [5.41, 5.74) is 0. The van der Waals surface area contributed by atoms with E-state index in [2.05, 4.69) is 15.5 Å². The minimum absolute atomic E-state index is 0.0397. The molecule has 1 aromatic heterocycles. The molecule has 0 aromatic carbocycles. The van der Waals surface area contributed by atoms with Crippen molar-refractivity contribution in [1.82, 2.24) is 14.8 Å². The predicted molar refractivity (Wildman–Crippen MR) is 61.2 cm³/mol. The lowest BCUT2D eigenvalue weighted by atomic mass is 9.84. The van der Waals surface area contributed by atoms with Gasteiger partial charge in [-0.05, 0) is 18.8 Å². The van der Waals surface area contributed by atoms with Gasteiger partial charge in [0.2, 0.25) is 17.8 Å². The van der Waals surface area contributed by atoms with Gasteiger partial charge in [-0.3, -0.25) is 10.1 Å². The molecule has 0 saturated heterocycles. The van der Waals surface area contributed by atoms with E-state index < -0.39 is 5.92 Å². The van der Waals surface area contributed by atoms with Gasteiger partial charge in [0.15, 0.2) is 0 Å². The Morgan fingerprint density at radius 2 is 2.22 bits per heavy atom. The van der Waals surface area contributed by atoms with E-state index in [1.165, 1.54) is 6.33 Å². The second-order valence-electron chi connectivity index (χ2n) is 4.82. The Morgan fingerprint density at radius 3 is 2.78 bits per heavy atom. The van der Waals surface area contributed by atoms with Crippen molar-refractivity contribution in [2.24, 2.45) is 13.0 Å². The van der Waals surface area contributed by atoms with Gasteiger partial charge in [-0.15, -0.1) is 10.2 Å². The number of aryl methyl sites for hydroxylation is 1. The molecule has 1 aromatic rings. The molecule has 1 saturated carbocycles. The molecule has 1 fully saturated rings. The van der Waals surface area contributed by atoms with Gasteiger partial charge < -0.3 is 4.57 Å². The smallest absolute Gasteiger partial charge is 0.248 e. The van der Waals surface area contributed by atoms with E-state index >= 15 is 0 Å². The number of hydrogen-bond donors (Lipinski definition) is 1. The quantitative estimate of drug-likeness (QED) is 0.901. The van der Waals surface area contributed by atoms with Crippen molar-refractivity contribution in [3.8, 4) is 0 Å². The maximum Gasteiger partial charge on any atom is 0.248 e. The Labute approximate surface area is 104 Å². The first-order valence-electron chi connectivity index (χ1n) is 5.98. The standard InChI is InChI=1S/C11H16F2N4O/c1-17-7-14-16-10(17)15-9(18)6-8-2-4-11(12,13)5-3-8/h7-8H,2-6H2,1H3,(H,15,16,18). The zero-order valence-electron chi connectivity index (χ0n) is 10.2. The topological polar surface area (TPSA) is 59.8 Å². The Balaban J connectivity index is 1.80. The van der Waals surface area contributed by atoms with Crippen molar-refractivity contribution < 1.29 is 13.6 Å². The largest absolute Gasteiger partial charge is 0.303 e. The van der Waals surface area contributed by atoms with Crippen LogP contribution in [0.3, 0.4) is 0 Å². The SMILES string of the molecule is Cn1cnnc1NC(=O)CC1CCC(F)(F)CC1. The molecule has 18 heavy (non-hydrogen) atoms. The van der Waals surface area contributed by atoms with Gasteiger partial charge >= 0.3 is 0 Å². The molecule has 0 spiro atoms. The monoisotopic (exact) mass is 258 g/mol. The summed E-state index contributed by atoms with van der Waals surface area (Å²) in [6.07, 6.45) is 2.32. The molecule has 0 unspecified atom stereocenters. The molecule has 0 aliphatic heterocycles. The minimum atomic E-state index is -2.55. The first kappa shape index (κ1) is 12.9. The number of rotatable bonds is 3. The number of hydrogen-bond acceptors (Lipinski definition) is 3. The van der Waals surface area contributed by atoms with Crippen LogP contribution in [0.2, 0.25) is 0 Å². The molecule has 1 heterocycles. The number of aromatic nitrogens is 3. The summed E-state index contributed by atoms with van der Waals surface area (Å²) in [7, 11) is 1.72. The van der Waals surface area contributed by atoms with E-state index in [1.54, 1.807) is 11.6 Å². The number of nitrogens with zero attached hydrogens (tertiary/aromatic N) is 3. The Hall–Kier alpha value is -1.53. The maximum absolute atomic E-state index is 13.0. The van der Waals surface area contributed by atoms with Gasteiger partial charge in [0, 0.05) is 26.3 Å². The predicted octanol–water partition coefficient (Wildman–Crippen LogP) is 1.97. The number of carbonyl (C=O) groups is 1. The summed E-state index contributed by atoms with van der Waals surface area (Å²) in [5, 5.41) is 9.99. The van der Waals surface area contributed by atoms with E-state index in [4.69, 9.17) is 0 Å². The molecule has 0 atom stereocenters. The number of anilines is 1. The number of carbonyl (C=O) groups excluding carboxylic acids is 1. The van der Waals surface area contributed by atoms with Gasteiger partial charge in [0.25, 0.3) is 0 Å². The summed E-state index contributed by atoms with van der Waals surface area (Å²) in [4.78, 5) is 11.7. The van der Waals surface area contributed by atoms with Crippen LogP contribution in [0.25, 0.3) is 0 Å². The summed E-state index contributed by atoms with van der Waals surface area (Å²) >= 11 is 0. The van der Waals surface area contributed by atoms with Crippen molar-refractivity contribution in [2.75, 3.05) is 5.32 Å². The molecular formula is C11H16F2N4O. The normalized spacial score (nSPS) is 19.7. The van der Waals surface area contributed by atoms with E-state index in [0.29, 0.717) is 18.8 Å². The number of nitrogens with one attached hydrogen (secondary N) is 1. The third-order valence-electron chi connectivity index (χ3n) is 3.27. The van der Waals surface area contributed by atoms with E-state index in [9.17, 15) is 13.6 Å². The molecule has 5 nitrogen and oxygen atoms in total. The van der Waals surface area contributed by atoms with Gasteiger partial charge in [0.1, 0.15) is 6.33 Å². The highest BCUT2D eigenvalue weighted by Gasteiger charge is 2.35. The van der Waals surface area contributed by atoms with Gasteiger partial charge in [-0.1, -0.05) is 0 Å². The van der Waals surface area contributed by atoms with Crippen LogP contribution in [-0.4, -0.2) is 26.6 Å². The fraction of sp³-hybridized carbons (Fsp3) is 0.727. The number of amides is 1. The van der Waals surface area contributed by atoms with Crippen LogP contribution in [0.1, 0.15) is 32.1 Å². The minimum Gasteiger partial charge on any atom is -0.303 e. The van der Waals surface area contributed by atoms with Gasteiger partial charge in [-0.2, -0.15) is 0 Å². The van der Waals surface area contributed by atoms with Crippen LogP contribution in [0.4, 0.5) is 14.7 Å². The van der Waals surface area contributed by atoms with Crippen LogP contribution in [0.15, 0.2) is 6.33 Å². The fourth-order valence-corrected chi connectivity index (χ4v) is 2.14. The second kappa shape index (κ2) is 4.99. The number of alkyl halides is 2. The highest BCUT2D eigenvalue weighted by molar-refractivity contribution is 5.89. The first-order chi connectivity index (χ1) is 8.46. The molecular weight excluding hydrogens is 242 g/mol. The summed E-state index contributed by atoms with van der Waals surface area (Å²) in [6.45, 7) is 0. The number of halogens is 2. The van der Waals surface area contributed by atoms with E-state index in [-0.39, 0.29) is 31.1 Å². The highest BCUT2D eigenvalue weighted by Crippen LogP contribution is 2.37. The van der Waals surface area contributed by atoms with Crippen molar-refractivity contribution in [2.45, 2.75) is 38.0 Å². The van der Waals surface area contributed by atoms with E-state index in [1.807, 2.05) is 0 Å². The Bertz CT molecular complexity index is 422. The lowest BCUT2D eigenvalue weighted by Gasteiger charge is -2.27. The lowest BCUT2D eigenvalue weighted by Crippen LogP contribution is -2.27. The van der Waals surface area contributed by atoms with Gasteiger partial charge in [0.05, 0.1) is 0 Å². The summed E-state index contributed by atoms with van der Waals surface area (Å²) in [6, 6.07) is 0. The van der Waals surface area contributed by atoms with Crippen LogP contribution < -0.4 is 5.32 Å². The molecule has 0 bridgehead atoms. The zero-order valence-corrected chi connectivity index (χ0v) is 10.2. The lowest BCUT2D eigenvalue weighted by molar-refractivity contribution is -0.118. The van der Waals surface area contributed by atoms with Crippen molar-refractivity contribution >= 4 is 11.9 Å². The molecule has 100 valence electrons. The third-order valence-corrected chi connectivity index (χ3v) is 3.27. The second-order valence-corrected chi connectivity index (χ2v) is 4.82. The van der Waals surface area contributed by atoms with Crippen molar-refractivity contribution in [1.29, 1.82) is 0 Å². The molecule has 1 amide bonds. The molecule has 1 N–H and O–H groups in total. The Morgan fingerprint density at radius 1 is 1.56 bits per heavy atom. The zero-order chi connectivity index (χ0) is 13.2. The molecule has 1 aliphatic rings. The van der Waals surface area contributed by atoms with E-state index in [0.717, 1.165) is 0 Å². The summed E-state index contributed by atoms with van der Waals surface area (Å²) in [5.74, 6) is -2.32.